The zero-order valence-corrected chi connectivity index (χ0v) is 23.4. The number of rotatable bonds is 2. The van der Waals surface area contributed by atoms with Crippen molar-refractivity contribution in [2.24, 2.45) is 0 Å². The summed E-state index contributed by atoms with van der Waals surface area (Å²) in [4.78, 5) is 10.4. The van der Waals surface area contributed by atoms with Crippen molar-refractivity contribution in [3.63, 3.8) is 0 Å². The highest BCUT2D eigenvalue weighted by atomic mass is 16.5. The molecule has 2 heterocycles. The van der Waals surface area contributed by atoms with Crippen molar-refractivity contribution in [1.29, 1.82) is 0 Å². The molecular weight excluding hydrogens is 524 g/mol. The van der Waals surface area contributed by atoms with E-state index in [1.807, 2.05) is 30.3 Å². The Hall–Kier alpha value is -5.72. The number of fused-ring (bicyclic) bond motifs is 10. The zero-order valence-electron chi connectivity index (χ0n) is 23.4. The molecule has 7 aromatic rings. The van der Waals surface area contributed by atoms with Gasteiger partial charge in [-0.15, -0.1) is 0 Å². The number of hydrogen-bond donors (Lipinski definition) is 0. The third-order valence-corrected chi connectivity index (χ3v) is 8.97. The Labute approximate surface area is 250 Å². The number of aromatic nitrogens is 2. The molecule has 0 saturated carbocycles. The summed E-state index contributed by atoms with van der Waals surface area (Å²) in [5.41, 5.74) is 11.6. The fourth-order valence-corrected chi connectivity index (χ4v) is 7.18. The first-order chi connectivity index (χ1) is 21.2. The fraction of sp³-hybridized carbons (Fsp3) is 0.0500. The highest BCUT2D eigenvalue weighted by molar-refractivity contribution is 5.96. The van der Waals surface area contributed by atoms with Gasteiger partial charge < -0.3 is 4.74 Å². The van der Waals surface area contributed by atoms with Crippen LogP contribution in [-0.4, -0.2) is 9.97 Å². The van der Waals surface area contributed by atoms with Crippen LogP contribution in [0.25, 0.3) is 44.7 Å². The molecule has 0 fully saturated rings. The Balaban J connectivity index is 1.36. The van der Waals surface area contributed by atoms with Gasteiger partial charge in [0.25, 0.3) is 0 Å². The lowest BCUT2D eigenvalue weighted by Gasteiger charge is -2.39. The predicted molar refractivity (Wildman–Crippen MR) is 170 cm³/mol. The molecule has 1 aliphatic carbocycles. The number of para-hydroxylation sites is 2. The van der Waals surface area contributed by atoms with Crippen LogP contribution in [0.15, 0.2) is 127 Å². The van der Waals surface area contributed by atoms with Gasteiger partial charge in [0.05, 0.1) is 16.6 Å². The van der Waals surface area contributed by atoms with Crippen LogP contribution in [0.4, 0.5) is 0 Å². The number of ether oxygens (including phenoxy) is 1. The second kappa shape index (κ2) is 8.89. The molecule has 9 rings (SSSR count). The molecule has 1 spiro atoms. The summed E-state index contributed by atoms with van der Waals surface area (Å²) in [6.07, 6.45) is 0. The Bertz CT molecular complexity index is 2190. The SMILES string of the molecule is Cc1cccc2nc(-c3ccc4c(c3)C3(c5ccccc5Oc5ccccc53)c3ccccc3-4)nc(-c3cc#ccc3)c12. The van der Waals surface area contributed by atoms with E-state index < -0.39 is 5.41 Å². The molecule has 1 aromatic heterocycles. The summed E-state index contributed by atoms with van der Waals surface area (Å²) in [5.74, 6) is 2.46. The van der Waals surface area contributed by atoms with E-state index in [1.54, 1.807) is 0 Å². The lowest BCUT2D eigenvalue weighted by molar-refractivity contribution is 0.436. The maximum absolute atomic E-state index is 6.50. The van der Waals surface area contributed by atoms with E-state index in [4.69, 9.17) is 14.7 Å². The minimum absolute atomic E-state index is 0.534. The lowest BCUT2D eigenvalue weighted by Crippen LogP contribution is -2.32. The largest absolute Gasteiger partial charge is 0.457 e. The molecular formula is C40H24N2O. The summed E-state index contributed by atoms with van der Waals surface area (Å²) >= 11 is 0. The first kappa shape index (κ1) is 23.9. The van der Waals surface area contributed by atoms with Crippen molar-refractivity contribution < 1.29 is 4.74 Å². The van der Waals surface area contributed by atoms with E-state index in [0.717, 1.165) is 55.9 Å². The maximum atomic E-state index is 6.50. The first-order valence-corrected chi connectivity index (χ1v) is 14.5. The molecule has 6 aromatic carbocycles. The molecule has 0 atom stereocenters. The van der Waals surface area contributed by atoms with E-state index in [0.29, 0.717) is 5.82 Å². The van der Waals surface area contributed by atoms with Crippen LogP contribution in [0.5, 0.6) is 11.5 Å². The smallest absolute Gasteiger partial charge is 0.160 e. The minimum Gasteiger partial charge on any atom is -0.457 e. The number of hydrogen-bond acceptors (Lipinski definition) is 3. The van der Waals surface area contributed by atoms with Crippen molar-refractivity contribution >= 4 is 10.9 Å². The summed E-state index contributed by atoms with van der Waals surface area (Å²) < 4.78 is 6.50. The van der Waals surface area contributed by atoms with Crippen LogP contribution in [0.1, 0.15) is 27.8 Å². The molecule has 0 unspecified atom stereocenters. The predicted octanol–water partition coefficient (Wildman–Crippen LogP) is 9.34. The number of aryl methyl sites for hydroxylation is 1. The molecule has 0 saturated heterocycles. The average Bonchev–Trinajstić information content (AvgIpc) is 3.35. The second-order valence-corrected chi connectivity index (χ2v) is 11.2. The summed E-state index contributed by atoms with van der Waals surface area (Å²) in [6, 6.07) is 50.6. The summed E-state index contributed by atoms with van der Waals surface area (Å²) in [5, 5.41) is 1.06. The van der Waals surface area contributed by atoms with Crippen LogP contribution in [0, 0.1) is 19.1 Å². The molecule has 1 aliphatic heterocycles. The molecule has 200 valence electrons. The van der Waals surface area contributed by atoms with Crippen molar-refractivity contribution in [3.05, 3.63) is 167 Å². The van der Waals surface area contributed by atoms with Crippen molar-refractivity contribution in [3.8, 4) is 45.3 Å². The molecule has 0 N–H and O–H groups in total. The molecule has 0 radical (unpaired) electrons. The normalized spacial score (nSPS) is 13.4. The number of benzene rings is 5. The Kier molecular flexibility index (Phi) is 4.95. The molecule has 43 heavy (non-hydrogen) atoms. The van der Waals surface area contributed by atoms with Gasteiger partial charge in [-0.25, -0.2) is 9.97 Å². The second-order valence-electron chi connectivity index (χ2n) is 11.2. The van der Waals surface area contributed by atoms with E-state index in [1.165, 1.54) is 22.3 Å². The molecule has 3 heteroatoms. The van der Waals surface area contributed by atoms with Crippen LogP contribution in [0.2, 0.25) is 0 Å². The van der Waals surface area contributed by atoms with E-state index in [2.05, 4.69) is 116 Å². The standard InChI is InChI=1S/C40H24N2O/c1-25-12-11-19-34-37(25)38(26-13-3-2-4-14-26)42-39(41-34)27-22-23-29-28-15-5-6-16-30(28)40(33(29)24-27)31-17-7-9-20-35(31)43-36-21-10-8-18-32(36)40/h3,5-24H,1H3. The third kappa shape index (κ3) is 3.26. The number of nitrogens with zero attached hydrogens (tertiary/aromatic N) is 2. The average molecular weight is 549 g/mol. The van der Waals surface area contributed by atoms with Gasteiger partial charge in [-0.2, -0.15) is 0 Å². The lowest BCUT2D eigenvalue weighted by atomic mass is 9.66. The van der Waals surface area contributed by atoms with Crippen molar-refractivity contribution in [2.45, 2.75) is 12.3 Å². The molecule has 2 aliphatic rings. The van der Waals surface area contributed by atoms with Crippen LogP contribution >= 0.6 is 0 Å². The quantitative estimate of drug-likeness (QED) is 0.216. The van der Waals surface area contributed by atoms with Crippen molar-refractivity contribution in [2.75, 3.05) is 0 Å². The van der Waals surface area contributed by atoms with Crippen LogP contribution in [0.3, 0.4) is 0 Å². The van der Waals surface area contributed by atoms with E-state index >= 15 is 0 Å². The Morgan fingerprint density at radius 1 is 0.605 bits per heavy atom. The first-order valence-electron chi connectivity index (χ1n) is 14.5. The monoisotopic (exact) mass is 548 g/mol. The van der Waals surface area contributed by atoms with Gasteiger partial charge in [0.15, 0.2) is 5.82 Å². The summed E-state index contributed by atoms with van der Waals surface area (Å²) in [7, 11) is 0. The molecule has 0 bridgehead atoms. The topological polar surface area (TPSA) is 35.0 Å². The minimum atomic E-state index is -0.534. The van der Waals surface area contributed by atoms with Gasteiger partial charge in [0, 0.05) is 27.6 Å². The van der Waals surface area contributed by atoms with Gasteiger partial charge >= 0.3 is 0 Å². The van der Waals surface area contributed by atoms with Crippen LogP contribution < -0.4 is 4.74 Å². The van der Waals surface area contributed by atoms with Crippen molar-refractivity contribution in [1.82, 2.24) is 9.97 Å². The third-order valence-electron chi connectivity index (χ3n) is 8.97. The highest BCUT2D eigenvalue weighted by Gasteiger charge is 2.51. The van der Waals surface area contributed by atoms with Gasteiger partial charge in [0.2, 0.25) is 0 Å². The highest BCUT2D eigenvalue weighted by Crippen LogP contribution is 2.62. The fourth-order valence-electron chi connectivity index (χ4n) is 7.18. The van der Waals surface area contributed by atoms with Gasteiger partial charge in [0.1, 0.15) is 11.5 Å². The zero-order chi connectivity index (χ0) is 28.5. The Morgan fingerprint density at radius 3 is 2.09 bits per heavy atom. The van der Waals surface area contributed by atoms with Gasteiger partial charge in [-0.05, 0) is 77.2 Å². The molecule has 3 nitrogen and oxygen atoms in total. The maximum Gasteiger partial charge on any atom is 0.160 e. The van der Waals surface area contributed by atoms with Crippen LogP contribution in [-0.2, 0) is 5.41 Å². The summed E-state index contributed by atoms with van der Waals surface area (Å²) in [6.45, 7) is 2.12. The van der Waals surface area contributed by atoms with Gasteiger partial charge in [-0.1, -0.05) is 97.1 Å². The molecule has 0 amide bonds. The van der Waals surface area contributed by atoms with E-state index in [-0.39, 0.29) is 0 Å². The van der Waals surface area contributed by atoms with Gasteiger partial charge in [-0.3, -0.25) is 0 Å². The van der Waals surface area contributed by atoms with E-state index in [9.17, 15) is 0 Å². The Morgan fingerprint density at radius 2 is 1.33 bits per heavy atom.